The number of hydrogen-bond acceptors (Lipinski definition) is 4. The van der Waals surface area contributed by atoms with Gasteiger partial charge in [0.1, 0.15) is 11.3 Å². The molecule has 0 unspecified atom stereocenters. The van der Waals surface area contributed by atoms with Gasteiger partial charge in [-0.1, -0.05) is 29.8 Å². The van der Waals surface area contributed by atoms with Gasteiger partial charge in [0.15, 0.2) is 0 Å². The van der Waals surface area contributed by atoms with Crippen LogP contribution in [0.2, 0.25) is 5.02 Å². The van der Waals surface area contributed by atoms with E-state index in [1.807, 2.05) is 55.5 Å². The fraction of sp³-hybridized carbons (Fsp3) is 0.304. The van der Waals surface area contributed by atoms with Crippen LogP contribution in [-0.4, -0.2) is 30.7 Å². The van der Waals surface area contributed by atoms with Crippen LogP contribution in [0.4, 0.5) is 5.69 Å². The summed E-state index contributed by atoms with van der Waals surface area (Å²) in [6, 6.07) is 15.1. The van der Waals surface area contributed by atoms with Gasteiger partial charge in [0.25, 0.3) is 0 Å². The molecule has 1 fully saturated rings. The molecule has 0 saturated carbocycles. The first-order chi connectivity index (χ1) is 14.2. The number of pyridine rings is 1. The summed E-state index contributed by atoms with van der Waals surface area (Å²) >= 11 is 6.50. The third-order valence-electron chi connectivity index (χ3n) is 5.45. The predicted molar refractivity (Wildman–Crippen MR) is 115 cm³/mol. The van der Waals surface area contributed by atoms with Crippen molar-refractivity contribution in [3.05, 3.63) is 65.3 Å². The molecule has 5 nitrogen and oxygen atoms in total. The summed E-state index contributed by atoms with van der Waals surface area (Å²) < 4.78 is 11.2. The Morgan fingerprint density at radius 2 is 1.97 bits per heavy atom. The molecule has 0 bridgehead atoms. The maximum absolute atomic E-state index is 13.6. The average molecular weight is 411 g/mol. The van der Waals surface area contributed by atoms with E-state index in [0.717, 1.165) is 16.5 Å². The molecule has 1 aromatic heterocycles. The fourth-order valence-corrected chi connectivity index (χ4v) is 4.27. The van der Waals surface area contributed by atoms with E-state index in [-0.39, 0.29) is 5.91 Å². The number of anilines is 1. The van der Waals surface area contributed by atoms with Crippen LogP contribution in [0.1, 0.15) is 25.3 Å². The van der Waals surface area contributed by atoms with E-state index < -0.39 is 5.41 Å². The van der Waals surface area contributed by atoms with Gasteiger partial charge in [0.2, 0.25) is 5.91 Å². The number of aromatic nitrogens is 1. The molecule has 3 aromatic rings. The predicted octanol–water partition coefficient (Wildman–Crippen LogP) is 4.97. The number of carbonyl (C=O) groups excluding carboxylic acids is 1. The van der Waals surface area contributed by atoms with Gasteiger partial charge in [-0.25, -0.2) is 0 Å². The van der Waals surface area contributed by atoms with Crippen molar-refractivity contribution in [3.8, 4) is 5.75 Å². The normalized spacial score (nSPS) is 15.8. The number of carbonyl (C=O) groups is 1. The van der Waals surface area contributed by atoms with Crippen LogP contribution >= 0.6 is 11.6 Å². The highest BCUT2D eigenvalue weighted by molar-refractivity contribution is 6.32. The molecule has 29 heavy (non-hydrogen) atoms. The fourth-order valence-electron chi connectivity index (χ4n) is 3.96. The van der Waals surface area contributed by atoms with Gasteiger partial charge in [0.05, 0.1) is 17.7 Å². The van der Waals surface area contributed by atoms with Gasteiger partial charge in [-0.15, -0.1) is 0 Å². The van der Waals surface area contributed by atoms with Crippen LogP contribution in [-0.2, 0) is 14.9 Å². The second-order valence-corrected chi connectivity index (χ2v) is 7.48. The average Bonchev–Trinajstić information content (AvgIpc) is 2.76. The number of amides is 1. The van der Waals surface area contributed by atoms with Crippen molar-refractivity contribution in [1.82, 2.24) is 4.98 Å². The molecule has 1 N–H and O–H groups in total. The summed E-state index contributed by atoms with van der Waals surface area (Å²) in [5, 5.41) is 4.58. The Morgan fingerprint density at radius 3 is 2.72 bits per heavy atom. The molecule has 0 spiro atoms. The van der Waals surface area contributed by atoms with E-state index in [1.54, 1.807) is 6.20 Å². The Kier molecular flexibility index (Phi) is 5.69. The largest absolute Gasteiger partial charge is 0.492 e. The molecule has 6 heteroatoms. The van der Waals surface area contributed by atoms with E-state index in [1.165, 1.54) is 0 Å². The van der Waals surface area contributed by atoms with Crippen molar-refractivity contribution in [3.63, 3.8) is 0 Å². The molecule has 1 amide bonds. The molecule has 2 aromatic carbocycles. The Balaban J connectivity index is 1.74. The van der Waals surface area contributed by atoms with Crippen LogP contribution in [0.25, 0.3) is 10.9 Å². The zero-order valence-electron chi connectivity index (χ0n) is 16.3. The van der Waals surface area contributed by atoms with Crippen LogP contribution in [0.3, 0.4) is 0 Å². The molecular formula is C23H23ClN2O3. The topological polar surface area (TPSA) is 60.5 Å². The van der Waals surface area contributed by atoms with Gasteiger partial charge in [-0.3, -0.25) is 9.78 Å². The van der Waals surface area contributed by atoms with E-state index in [4.69, 9.17) is 21.1 Å². The standard InChI is InChI=1S/C23H23ClN2O3/c1-2-29-20-10-9-19(16-6-5-13-25-21(16)20)26-22(27)23(11-14-28-15-12-23)17-7-3-4-8-18(17)24/h3-10,13H,2,11-12,14-15H2,1H3,(H,26,27). The van der Waals surface area contributed by atoms with E-state index in [0.29, 0.717) is 49.1 Å². The minimum absolute atomic E-state index is 0.0804. The van der Waals surface area contributed by atoms with Gasteiger partial charge < -0.3 is 14.8 Å². The molecular weight excluding hydrogens is 388 g/mol. The van der Waals surface area contributed by atoms with Crippen molar-refractivity contribution in [2.24, 2.45) is 0 Å². The van der Waals surface area contributed by atoms with Gasteiger partial charge >= 0.3 is 0 Å². The van der Waals surface area contributed by atoms with Crippen LogP contribution in [0.15, 0.2) is 54.7 Å². The molecule has 2 heterocycles. The highest BCUT2D eigenvalue weighted by atomic mass is 35.5. The zero-order chi connectivity index (χ0) is 20.3. The van der Waals surface area contributed by atoms with Gasteiger partial charge in [0, 0.05) is 29.8 Å². The highest BCUT2D eigenvalue weighted by Gasteiger charge is 2.43. The van der Waals surface area contributed by atoms with Crippen molar-refractivity contribution in [1.29, 1.82) is 0 Å². The maximum atomic E-state index is 13.6. The van der Waals surface area contributed by atoms with Crippen LogP contribution in [0.5, 0.6) is 5.75 Å². The quantitative estimate of drug-likeness (QED) is 0.644. The van der Waals surface area contributed by atoms with Crippen molar-refractivity contribution < 1.29 is 14.3 Å². The number of hydrogen-bond donors (Lipinski definition) is 1. The minimum Gasteiger partial charge on any atom is -0.492 e. The molecule has 4 rings (SSSR count). The van der Waals surface area contributed by atoms with Gasteiger partial charge in [-0.2, -0.15) is 0 Å². The Hall–Kier alpha value is -2.63. The first-order valence-electron chi connectivity index (χ1n) is 9.80. The second-order valence-electron chi connectivity index (χ2n) is 7.07. The third kappa shape index (κ3) is 3.68. The van der Waals surface area contributed by atoms with Crippen molar-refractivity contribution >= 4 is 34.1 Å². The number of fused-ring (bicyclic) bond motifs is 1. The monoisotopic (exact) mass is 410 g/mol. The highest BCUT2D eigenvalue weighted by Crippen LogP contribution is 2.40. The number of nitrogens with zero attached hydrogens (tertiary/aromatic N) is 1. The summed E-state index contributed by atoms with van der Waals surface area (Å²) in [6.45, 7) is 3.52. The van der Waals surface area contributed by atoms with E-state index >= 15 is 0 Å². The minimum atomic E-state index is -0.732. The Morgan fingerprint density at radius 1 is 1.17 bits per heavy atom. The number of rotatable bonds is 5. The maximum Gasteiger partial charge on any atom is 0.235 e. The molecule has 1 aliphatic heterocycles. The summed E-state index contributed by atoms with van der Waals surface area (Å²) in [5.41, 5.74) is 1.55. The summed E-state index contributed by atoms with van der Waals surface area (Å²) in [4.78, 5) is 18.1. The van der Waals surface area contributed by atoms with Crippen LogP contribution in [0, 0.1) is 0 Å². The molecule has 0 atom stereocenters. The van der Waals surface area contributed by atoms with E-state index in [9.17, 15) is 4.79 Å². The zero-order valence-corrected chi connectivity index (χ0v) is 17.0. The lowest BCUT2D eigenvalue weighted by atomic mass is 9.73. The molecule has 0 aliphatic carbocycles. The second kappa shape index (κ2) is 8.39. The molecule has 150 valence electrons. The molecule has 1 saturated heterocycles. The molecule has 1 aliphatic rings. The number of halogens is 1. The summed E-state index contributed by atoms with van der Waals surface area (Å²) in [7, 11) is 0. The number of benzene rings is 2. The van der Waals surface area contributed by atoms with Gasteiger partial charge in [-0.05, 0) is 55.7 Å². The molecule has 0 radical (unpaired) electrons. The lowest BCUT2D eigenvalue weighted by molar-refractivity contribution is -0.125. The van der Waals surface area contributed by atoms with Crippen molar-refractivity contribution in [2.45, 2.75) is 25.2 Å². The van der Waals surface area contributed by atoms with Crippen molar-refractivity contribution in [2.75, 3.05) is 25.1 Å². The first kappa shape index (κ1) is 19.7. The van der Waals surface area contributed by atoms with E-state index in [2.05, 4.69) is 10.3 Å². The first-order valence-corrected chi connectivity index (χ1v) is 10.2. The summed E-state index contributed by atoms with van der Waals surface area (Å²) in [6.07, 6.45) is 2.88. The lowest BCUT2D eigenvalue weighted by Crippen LogP contribution is -2.45. The SMILES string of the molecule is CCOc1ccc(NC(=O)C2(c3ccccc3Cl)CCOCC2)c2cccnc12. The Labute approximate surface area is 175 Å². The number of ether oxygens (including phenoxy) is 2. The third-order valence-corrected chi connectivity index (χ3v) is 5.78. The number of nitrogens with one attached hydrogen (secondary N) is 1. The lowest BCUT2D eigenvalue weighted by Gasteiger charge is -2.37. The summed E-state index contributed by atoms with van der Waals surface area (Å²) in [5.74, 6) is 0.621. The van der Waals surface area contributed by atoms with Crippen LogP contribution < -0.4 is 10.1 Å². The Bertz CT molecular complexity index is 1030. The smallest absolute Gasteiger partial charge is 0.235 e.